The number of hydrogen-bond acceptors (Lipinski definition) is 5. The lowest BCUT2D eigenvalue weighted by molar-refractivity contribution is 0.0698. The van der Waals surface area contributed by atoms with Gasteiger partial charge in [-0.1, -0.05) is 0 Å². The molecule has 0 spiro atoms. The van der Waals surface area contributed by atoms with Crippen LogP contribution in [-0.2, 0) is 13.1 Å². The molecule has 8 nitrogen and oxygen atoms in total. The van der Waals surface area contributed by atoms with Crippen LogP contribution < -0.4 is 9.47 Å². The van der Waals surface area contributed by atoms with E-state index in [9.17, 15) is 4.79 Å². The number of aryl methyl sites for hydroxylation is 2. The minimum atomic E-state index is 0.0673. The lowest BCUT2D eigenvalue weighted by Gasteiger charge is -2.32. The molecule has 0 aliphatic carbocycles. The SMILES string of the molecule is CCn1nc(C)cc1C(=O)N1CCC(c2nccn2Cc2cc(OC)cc(OC)c2)CC1. The van der Waals surface area contributed by atoms with Crippen molar-refractivity contribution in [3.63, 3.8) is 0 Å². The van der Waals surface area contributed by atoms with Crippen LogP contribution in [0.25, 0.3) is 0 Å². The van der Waals surface area contributed by atoms with E-state index in [0.29, 0.717) is 24.7 Å². The van der Waals surface area contributed by atoms with Crippen LogP contribution in [0.15, 0.2) is 36.7 Å². The molecular formula is C24H31N5O3. The quantitative estimate of drug-likeness (QED) is 0.566. The highest BCUT2D eigenvalue weighted by Crippen LogP contribution is 2.29. The number of carbonyl (C=O) groups is 1. The lowest BCUT2D eigenvalue weighted by Crippen LogP contribution is -2.39. The maximum absolute atomic E-state index is 13.0. The average Bonchev–Trinajstić information content (AvgIpc) is 3.44. The van der Waals surface area contributed by atoms with E-state index in [1.54, 1.807) is 18.9 Å². The number of imidazole rings is 1. The highest BCUT2D eigenvalue weighted by atomic mass is 16.5. The smallest absolute Gasteiger partial charge is 0.272 e. The number of aromatic nitrogens is 4. The van der Waals surface area contributed by atoms with Crippen LogP contribution >= 0.6 is 0 Å². The Bertz CT molecular complexity index is 1060. The van der Waals surface area contributed by atoms with Gasteiger partial charge in [-0.2, -0.15) is 5.10 Å². The van der Waals surface area contributed by atoms with Crippen molar-refractivity contribution in [2.24, 2.45) is 0 Å². The molecule has 0 bridgehead atoms. The maximum atomic E-state index is 13.0. The van der Waals surface area contributed by atoms with Gasteiger partial charge in [-0.25, -0.2) is 4.98 Å². The molecule has 1 fully saturated rings. The van der Waals surface area contributed by atoms with Gasteiger partial charge in [0.1, 0.15) is 23.0 Å². The number of amides is 1. The van der Waals surface area contributed by atoms with E-state index in [1.165, 1.54) is 0 Å². The number of benzene rings is 1. The summed E-state index contributed by atoms with van der Waals surface area (Å²) < 4.78 is 14.8. The molecule has 1 saturated heterocycles. The van der Waals surface area contributed by atoms with Crippen LogP contribution in [0.1, 0.15) is 53.3 Å². The minimum absolute atomic E-state index is 0.0673. The molecule has 1 aliphatic heterocycles. The predicted molar refractivity (Wildman–Crippen MR) is 121 cm³/mol. The van der Waals surface area contributed by atoms with Crippen molar-refractivity contribution in [1.82, 2.24) is 24.2 Å². The van der Waals surface area contributed by atoms with Crippen LogP contribution in [0, 0.1) is 6.92 Å². The molecule has 170 valence electrons. The van der Waals surface area contributed by atoms with E-state index >= 15 is 0 Å². The van der Waals surface area contributed by atoms with E-state index in [2.05, 4.69) is 14.6 Å². The summed E-state index contributed by atoms with van der Waals surface area (Å²) >= 11 is 0. The summed E-state index contributed by atoms with van der Waals surface area (Å²) in [4.78, 5) is 19.6. The van der Waals surface area contributed by atoms with E-state index < -0.39 is 0 Å². The Morgan fingerprint density at radius 2 is 1.78 bits per heavy atom. The van der Waals surface area contributed by atoms with Crippen molar-refractivity contribution >= 4 is 5.91 Å². The van der Waals surface area contributed by atoms with E-state index in [-0.39, 0.29) is 5.91 Å². The molecule has 3 heterocycles. The fourth-order valence-corrected chi connectivity index (χ4v) is 4.43. The third-order valence-corrected chi connectivity index (χ3v) is 6.08. The van der Waals surface area contributed by atoms with E-state index in [0.717, 1.165) is 54.5 Å². The molecule has 3 aromatic rings. The third kappa shape index (κ3) is 4.49. The first-order chi connectivity index (χ1) is 15.5. The van der Waals surface area contributed by atoms with Crippen molar-refractivity contribution in [2.75, 3.05) is 27.3 Å². The first-order valence-corrected chi connectivity index (χ1v) is 11.1. The molecule has 32 heavy (non-hydrogen) atoms. The number of rotatable bonds is 7. The molecule has 1 aliphatic rings. The summed E-state index contributed by atoms with van der Waals surface area (Å²) in [5.74, 6) is 2.99. The highest BCUT2D eigenvalue weighted by molar-refractivity contribution is 5.92. The van der Waals surface area contributed by atoms with Crippen molar-refractivity contribution in [1.29, 1.82) is 0 Å². The number of piperidine rings is 1. The Balaban J connectivity index is 1.44. The maximum Gasteiger partial charge on any atom is 0.272 e. The second-order valence-electron chi connectivity index (χ2n) is 8.19. The molecule has 1 amide bonds. The summed E-state index contributed by atoms with van der Waals surface area (Å²) in [6, 6.07) is 7.79. The second kappa shape index (κ2) is 9.46. The van der Waals surface area contributed by atoms with Crippen molar-refractivity contribution in [2.45, 2.75) is 45.7 Å². The summed E-state index contributed by atoms with van der Waals surface area (Å²) in [5, 5.41) is 4.41. The minimum Gasteiger partial charge on any atom is -0.497 e. The Kier molecular flexibility index (Phi) is 6.48. The van der Waals surface area contributed by atoms with Crippen LogP contribution in [0.3, 0.4) is 0 Å². The summed E-state index contributed by atoms with van der Waals surface area (Å²) in [6.45, 7) is 6.75. The fraction of sp³-hybridized carbons (Fsp3) is 0.458. The van der Waals surface area contributed by atoms with E-state index in [1.807, 2.05) is 55.4 Å². The van der Waals surface area contributed by atoms with Crippen molar-refractivity contribution in [3.8, 4) is 11.5 Å². The van der Waals surface area contributed by atoms with Gasteiger partial charge in [0.15, 0.2) is 0 Å². The van der Waals surface area contributed by atoms with Gasteiger partial charge in [0, 0.05) is 50.6 Å². The van der Waals surface area contributed by atoms with Crippen molar-refractivity contribution in [3.05, 3.63) is 59.4 Å². The molecule has 2 aromatic heterocycles. The summed E-state index contributed by atoms with van der Waals surface area (Å²) in [5.41, 5.74) is 2.65. The zero-order valence-corrected chi connectivity index (χ0v) is 19.2. The molecule has 0 radical (unpaired) electrons. The molecule has 4 rings (SSSR count). The number of likely N-dealkylation sites (tertiary alicyclic amines) is 1. The van der Waals surface area contributed by atoms with Crippen LogP contribution in [0.4, 0.5) is 0 Å². The topological polar surface area (TPSA) is 74.4 Å². The number of ether oxygens (including phenoxy) is 2. The van der Waals surface area contributed by atoms with Gasteiger partial charge in [0.2, 0.25) is 0 Å². The monoisotopic (exact) mass is 437 g/mol. The number of carbonyl (C=O) groups excluding carboxylic acids is 1. The zero-order valence-electron chi connectivity index (χ0n) is 19.2. The zero-order chi connectivity index (χ0) is 22.7. The lowest BCUT2D eigenvalue weighted by atomic mass is 9.95. The fourth-order valence-electron chi connectivity index (χ4n) is 4.43. The number of nitrogens with zero attached hydrogens (tertiary/aromatic N) is 5. The first kappa shape index (κ1) is 21.9. The summed E-state index contributed by atoms with van der Waals surface area (Å²) in [6.07, 6.45) is 5.65. The first-order valence-electron chi connectivity index (χ1n) is 11.1. The standard InChI is InChI=1S/C24H31N5O3/c1-5-29-22(12-17(2)26-29)24(30)27-9-6-19(7-10-27)23-25-8-11-28(23)16-18-13-20(31-3)15-21(14-18)32-4/h8,11-15,19H,5-7,9-10,16H2,1-4H3. The average molecular weight is 438 g/mol. The Labute approximate surface area is 188 Å². The molecule has 0 saturated carbocycles. The molecule has 0 N–H and O–H groups in total. The van der Waals surface area contributed by atoms with E-state index in [4.69, 9.17) is 9.47 Å². The van der Waals surface area contributed by atoms with Gasteiger partial charge < -0.3 is 18.9 Å². The van der Waals surface area contributed by atoms with Crippen LogP contribution in [0.2, 0.25) is 0 Å². The second-order valence-corrected chi connectivity index (χ2v) is 8.19. The van der Waals surface area contributed by atoms with Gasteiger partial charge in [-0.3, -0.25) is 9.48 Å². The van der Waals surface area contributed by atoms with Gasteiger partial charge in [0.05, 0.1) is 19.9 Å². The molecular weight excluding hydrogens is 406 g/mol. The van der Waals surface area contributed by atoms with Gasteiger partial charge in [0.25, 0.3) is 5.91 Å². The third-order valence-electron chi connectivity index (χ3n) is 6.08. The Morgan fingerprint density at radius 1 is 1.09 bits per heavy atom. The largest absolute Gasteiger partial charge is 0.497 e. The number of hydrogen-bond donors (Lipinski definition) is 0. The summed E-state index contributed by atoms with van der Waals surface area (Å²) in [7, 11) is 3.32. The van der Waals surface area contributed by atoms with Crippen LogP contribution in [-0.4, -0.2) is 57.4 Å². The predicted octanol–water partition coefficient (Wildman–Crippen LogP) is 3.49. The van der Waals surface area contributed by atoms with Gasteiger partial charge in [-0.15, -0.1) is 0 Å². The molecule has 0 atom stereocenters. The molecule has 1 aromatic carbocycles. The van der Waals surface area contributed by atoms with Crippen LogP contribution in [0.5, 0.6) is 11.5 Å². The van der Waals surface area contributed by atoms with Gasteiger partial charge in [-0.05, 0) is 50.5 Å². The van der Waals surface area contributed by atoms with Crippen molar-refractivity contribution < 1.29 is 14.3 Å². The number of methoxy groups -OCH3 is 2. The van der Waals surface area contributed by atoms with Gasteiger partial charge >= 0.3 is 0 Å². The molecule has 0 unspecified atom stereocenters. The normalized spacial score (nSPS) is 14.6. The highest BCUT2D eigenvalue weighted by Gasteiger charge is 2.28. The Morgan fingerprint density at radius 3 is 2.41 bits per heavy atom. The Hall–Kier alpha value is -3.29. The molecule has 8 heteroatoms.